The molecule has 158 valence electrons. The number of hydrogen-bond acceptors (Lipinski definition) is 6. The van der Waals surface area contributed by atoms with Gasteiger partial charge in [0.1, 0.15) is 5.82 Å². The largest absolute Gasteiger partial charge is 0.452 e. The zero-order valence-corrected chi connectivity index (χ0v) is 17.5. The van der Waals surface area contributed by atoms with E-state index in [4.69, 9.17) is 9.88 Å². The number of sulfonamides is 1. The molecule has 1 heterocycles. The summed E-state index contributed by atoms with van der Waals surface area (Å²) in [5, 5.41) is 5.02. The first kappa shape index (κ1) is 21.0. The molecule has 1 aliphatic heterocycles. The van der Waals surface area contributed by atoms with Crippen LogP contribution < -0.4 is 10.0 Å². The maximum atomic E-state index is 14.0. The maximum Gasteiger partial charge on any atom is 0.341 e. The predicted octanol–water partition coefficient (Wildman–Crippen LogP) is 3.46. The van der Waals surface area contributed by atoms with E-state index in [2.05, 4.69) is 0 Å². The molecule has 0 aliphatic carbocycles. The van der Waals surface area contributed by atoms with Crippen molar-refractivity contribution in [2.45, 2.75) is 14.7 Å². The third kappa shape index (κ3) is 4.18. The minimum atomic E-state index is -4.14. The highest BCUT2D eigenvalue weighted by Crippen LogP contribution is 2.47. The zero-order valence-electron chi connectivity index (χ0n) is 15.8. The van der Waals surface area contributed by atoms with E-state index in [-0.39, 0.29) is 0 Å². The van der Waals surface area contributed by atoms with Gasteiger partial charge in [-0.05, 0) is 42.5 Å². The summed E-state index contributed by atoms with van der Waals surface area (Å²) in [5.74, 6) is -2.71. The first-order valence-electron chi connectivity index (χ1n) is 8.94. The van der Waals surface area contributed by atoms with E-state index < -0.39 is 44.8 Å². The Kier molecular flexibility index (Phi) is 5.52. The standard InChI is InChI=1S/C21H15FN2O5S2/c22-15-10-9-13(31(23,27)28)11-14(15)21(26)29-12-20(25)24-16-5-1-3-7-18(16)30-19-8-4-2-6-17(19)24/h1-11H,12H2,(H2,23,27,28). The van der Waals surface area contributed by atoms with Crippen molar-refractivity contribution >= 4 is 45.0 Å². The van der Waals surface area contributed by atoms with Crippen molar-refractivity contribution in [2.24, 2.45) is 5.14 Å². The van der Waals surface area contributed by atoms with Gasteiger partial charge in [0.05, 0.1) is 21.8 Å². The summed E-state index contributed by atoms with van der Waals surface area (Å²) in [7, 11) is -4.14. The van der Waals surface area contributed by atoms with Crippen molar-refractivity contribution in [3.05, 3.63) is 78.1 Å². The number of nitrogens with two attached hydrogens (primary N) is 1. The van der Waals surface area contributed by atoms with Crippen molar-refractivity contribution < 1.29 is 27.1 Å². The number of ether oxygens (including phenoxy) is 1. The van der Waals surface area contributed by atoms with E-state index in [1.165, 1.54) is 16.7 Å². The van der Waals surface area contributed by atoms with Crippen LogP contribution in [0.1, 0.15) is 10.4 Å². The molecule has 0 aromatic heterocycles. The van der Waals surface area contributed by atoms with Gasteiger partial charge >= 0.3 is 5.97 Å². The molecule has 4 rings (SSSR count). The van der Waals surface area contributed by atoms with Gasteiger partial charge in [-0.2, -0.15) is 0 Å². The molecule has 3 aromatic rings. The number of anilines is 2. The van der Waals surface area contributed by atoms with E-state index >= 15 is 0 Å². The number of fused-ring (bicyclic) bond motifs is 2. The second kappa shape index (κ2) is 8.14. The number of para-hydroxylation sites is 2. The van der Waals surface area contributed by atoms with Gasteiger partial charge in [-0.3, -0.25) is 9.69 Å². The molecule has 1 aliphatic rings. The summed E-state index contributed by atoms with van der Waals surface area (Å²) in [6, 6.07) is 17.1. The number of primary sulfonamides is 1. The topological polar surface area (TPSA) is 107 Å². The molecule has 10 heteroatoms. The molecule has 0 saturated carbocycles. The summed E-state index contributed by atoms with van der Waals surface area (Å²) >= 11 is 1.51. The molecule has 0 fully saturated rings. The van der Waals surface area contributed by atoms with Crippen molar-refractivity contribution in [1.82, 2.24) is 0 Å². The number of benzene rings is 3. The van der Waals surface area contributed by atoms with E-state index in [1.54, 1.807) is 24.3 Å². The Morgan fingerprint density at radius 2 is 1.55 bits per heavy atom. The first-order valence-corrected chi connectivity index (χ1v) is 11.3. The lowest BCUT2D eigenvalue weighted by atomic mass is 10.2. The highest BCUT2D eigenvalue weighted by atomic mass is 32.2. The van der Waals surface area contributed by atoms with Crippen LogP contribution >= 0.6 is 11.8 Å². The third-order valence-corrected chi connectivity index (χ3v) is 6.54. The van der Waals surface area contributed by atoms with Gasteiger partial charge in [0.25, 0.3) is 5.91 Å². The van der Waals surface area contributed by atoms with Crippen LogP contribution in [0.5, 0.6) is 0 Å². The van der Waals surface area contributed by atoms with Crippen LogP contribution in [-0.4, -0.2) is 26.9 Å². The minimum absolute atomic E-state index is 0.442. The minimum Gasteiger partial charge on any atom is -0.452 e. The van der Waals surface area contributed by atoms with Crippen LogP contribution in [0.3, 0.4) is 0 Å². The monoisotopic (exact) mass is 458 g/mol. The molecule has 0 atom stereocenters. The molecule has 0 saturated heterocycles. The lowest BCUT2D eigenvalue weighted by Crippen LogP contribution is -2.32. The Bertz CT molecular complexity index is 1270. The fourth-order valence-corrected chi connectivity index (χ4v) is 4.68. The molecule has 31 heavy (non-hydrogen) atoms. The van der Waals surface area contributed by atoms with E-state index in [0.717, 1.165) is 28.0 Å². The van der Waals surface area contributed by atoms with Crippen molar-refractivity contribution in [3.63, 3.8) is 0 Å². The van der Waals surface area contributed by atoms with Crippen molar-refractivity contribution in [3.8, 4) is 0 Å². The SMILES string of the molecule is NS(=O)(=O)c1ccc(F)c(C(=O)OCC(=O)N2c3ccccc3Sc3ccccc32)c1. The van der Waals surface area contributed by atoms with Crippen molar-refractivity contribution in [1.29, 1.82) is 0 Å². The predicted molar refractivity (Wildman–Crippen MR) is 112 cm³/mol. The molecular weight excluding hydrogens is 443 g/mol. The van der Waals surface area contributed by atoms with Gasteiger partial charge < -0.3 is 4.74 Å². The number of hydrogen-bond donors (Lipinski definition) is 1. The molecular formula is C21H15FN2O5S2. The maximum absolute atomic E-state index is 14.0. The second-order valence-corrected chi connectivity index (χ2v) is 9.17. The first-order chi connectivity index (χ1) is 14.8. The number of carbonyl (C=O) groups is 2. The van der Waals surface area contributed by atoms with Crippen LogP contribution in [-0.2, 0) is 19.6 Å². The Labute approximate surface area is 181 Å². The molecule has 0 spiro atoms. The second-order valence-electron chi connectivity index (χ2n) is 6.53. The number of rotatable bonds is 4. The fraction of sp³-hybridized carbons (Fsp3) is 0.0476. The van der Waals surface area contributed by atoms with Gasteiger partial charge in [-0.1, -0.05) is 36.0 Å². The van der Waals surface area contributed by atoms with Gasteiger partial charge in [-0.15, -0.1) is 0 Å². The van der Waals surface area contributed by atoms with Crippen molar-refractivity contribution in [2.75, 3.05) is 11.5 Å². The average molecular weight is 458 g/mol. The van der Waals surface area contributed by atoms with Gasteiger partial charge in [0.2, 0.25) is 10.0 Å². The molecule has 0 unspecified atom stereocenters. The van der Waals surface area contributed by atoms with Crippen LogP contribution in [0.2, 0.25) is 0 Å². The van der Waals surface area contributed by atoms with Crippen LogP contribution in [0.15, 0.2) is 81.4 Å². The number of halogens is 1. The summed E-state index contributed by atoms with van der Waals surface area (Å²) in [4.78, 5) is 28.1. The van der Waals surface area contributed by atoms with E-state index in [0.29, 0.717) is 11.4 Å². The number of carbonyl (C=O) groups excluding carboxylic acids is 2. The molecule has 2 N–H and O–H groups in total. The average Bonchev–Trinajstić information content (AvgIpc) is 2.75. The summed E-state index contributed by atoms with van der Waals surface area (Å²) in [6.07, 6.45) is 0. The highest BCUT2D eigenvalue weighted by molar-refractivity contribution is 7.99. The number of nitrogens with zero attached hydrogens (tertiary/aromatic N) is 1. The van der Waals surface area contributed by atoms with Gasteiger partial charge in [0.15, 0.2) is 6.61 Å². The Hall–Kier alpha value is -3.21. The molecule has 0 bridgehead atoms. The lowest BCUT2D eigenvalue weighted by Gasteiger charge is -2.30. The molecule has 1 amide bonds. The quantitative estimate of drug-likeness (QED) is 0.600. The summed E-state index contributed by atoms with van der Waals surface area (Å²) < 4.78 is 42.0. The third-order valence-electron chi connectivity index (χ3n) is 4.49. The fourth-order valence-electron chi connectivity index (χ4n) is 3.08. The Morgan fingerprint density at radius 1 is 0.968 bits per heavy atom. The summed E-state index contributed by atoms with van der Waals surface area (Å²) in [6.45, 7) is -0.675. The normalized spacial score (nSPS) is 12.6. The van der Waals surface area contributed by atoms with E-state index in [1.807, 2.05) is 24.3 Å². The molecule has 7 nitrogen and oxygen atoms in total. The lowest BCUT2D eigenvalue weighted by molar-refractivity contribution is -0.121. The molecule has 0 radical (unpaired) electrons. The Morgan fingerprint density at radius 3 is 2.13 bits per heavy atom. The van der Waals surface area contributed by atoms with E-state index in [9.17, 15) is 22.4 Å². The zero-order chi connectivity index (χ0) is 22.2. The van der Waals surface area contributed by atoms with Gasteiger partial charge in [0, 0.05) is 9.79 Å². The highest BCUT2D eigenvalue weighted by Gasteiger charge is 2.29. The summed E-state index contributed by atoms with van der Waals surface area (Å²) in [5.41, 5.74) is 0.638. The number of esters is 1. The van der Waals surface area contributed by atoms with Crippen LogP contribution in [0, 0.1) is 5.82 Å². The smallest absolute Gasteiger partial charge is 0.341 e. The Balaban J connectivity index is 1.59. The van der Waals surface area contributed by atoms with Crippen LogP contribution in [0.4, 0.5) is 15.8 Å². The van der Waals surface area contributed by atoms with Crippen LogP contribution in [0.25, 0.3) is 0 Å². The van der Waals surface area contributed by atoms with Gasteiger partial charge in [-0.25, -0.2) is 22.7 Å². The molecule has 3 aromatic carbocycles. The number of amides is 1.